The molecule has 2 aliphatic heterocycles. The summed E-state index contributed by atoms with van der Waals surface area (Å²) in [6.07, 6.45) is 4.35. The molecule has 0 amide bonds. The first-order chi connectivity index (χ1) is 15.0. The first-order valence-corrected chi connectivity index (χ1v) is 11.7. The molecule has 1 atom stereocenters. The summed E-state index contributed by atoms with van der Waals surface area (Å²) in [5.74, 6) is 0. The van der Waals surface area contributed by atoms with Crippen molar-refractivity contribution in [3.8, 4) is 0 Å². The lowest BCUT2D eigenvalue weighted by atomic mass is 10.1. The van der Waals surface area contributed by atoms with Gasteiger partial charge in [0, 0.05) is 80.8 Å². The van der Waals surface area contributed by atoms with E-state index in [0.717, 1.165) is 75.8 Å². The van der Waals surface area contributed by atoms with Gasteiger partial charge in [-0.3, -0.25) is 19.7 Å². The summed E-state index contributed by atoms with van der Waals surface area (Å²) in [7, 11) is 0. The van der Waals surface area contributed by atoms with Gasteiger partial charge in [0.2, 0.25) is 0 Å². The van der Waals surface area contributed by atoms with Crippen molar-refractivity contribution in [2.45, 2.75) is 46.4 Å². The second-order valence-electron chi connectivity index (χ2n) is 9.14. The monoisotopic (exact) mass is 426 g/mol. The number of fused-ring (bicyclic) bond motifs is 1. The molecular formula is C24H38N6O. The van der Waals surface area contributed by atoms with Crippen molar-refractivity contribution in [1.82, 2.24) is 30.0 Å². The Hall–Kier alpha value is -1.93. The van der Waals surface area contributed by atoms with Crippen LogP contribution in [-0.2, 0) is 11.3 Å². The van der Waals surface area contributed by atoms with Crippen molar-refractivity contribution >= 4 is 16.5 Å². The first kappa shape index (κ1) is 22.3. The fourth-order valence-electron chi connectivity index (χ4n) is 4.57. The Morgan fingerprint density at radius 3 is 2.55 bits per heavy atom. The zero-order valence-corrected chi connectivity index (χ0v) is 19.5. The van der Waals surface area contributed by atoms with Gasteiger partial charge in [-0.2, -0.15) is 0 Å². The number of hydrogen-bond acceptors (Lipinski definition) is 6. The van der Waals surface area contributed by atoms with E-state index in [9.17, 15) is 0 Å². The van der Waals surface area contributed by atoms with Crippen molar-refractivity contribution in [2.24, 2.45) is 0 Å². The number of nitrogens with zero attached hydrogens (tertiary/aromatic N) is 4. The van der Waals surface area contributed by atoms with E-state index in [2.05, 4.69) is 71.0 Å². The molecule has 2 aliphatic rings. The maximum Gasteiger partial charge on any atom is 0.0767 e. The number of aromatic amines is 1. The van der Waals surface area contributed by atoms with Crippen molar-refractivity contribution in [2.75, 3.05) is 52.5 Å². The number of rotatable bonds is 7. The Bertz CT molecular complexity index is 877. The molecular weight excluding hydrogens is 388 g/mol. The SMILES string of the molecule is C/C(=C\NC(C)N1CCN(C(C)C)CC1)c1nccc2[nH]c(CN3CCOCC3)cc12. The lowest BCUT2D eigenvalue weighted by Gasteiger charge is -2.39. The molecule has 2 aromatic rings. The summed E-state index contributed by atoms with van der Waals surface area (Å²) in [5, 5.41) is 4.80. The number of allylic oxidation sites excluding steroid dienone is 1. The van der Waals surface area contributed by atoms with Gasteiger partial charge in [-0.1, -0.05) is 0 Å². The van der Waals surface area contributed by atoms with Crippen LogP contribution in [0, 0.1) is 0 Å². The minimum atomic E-state index is 0.312. The van der Waals surface area contributed by atoms with E-state index in [-0.39, 0.29) is 0 Å². The molecule has 2 saturated heterocycles. The van der Waals surface area contributed by atoms with Gasteiger partial charge >= 0.3 is 0 Å². The Kier molecular flexibility index (Phi) is 7.27. The van der Waals surface area contributed by atoms with Gasteiger partial charge in [-0.15, -0.1) is 0 Å². The van der Waals surface area contributed by atoms with E-state index in [1.807, 2.05) is 6.20 Å². The number of piperazine rings is 1. The summed E-state index contributed by atoms with van der Waals surface area (Å²) in [6, 6.07) is 4.96. The third kappa shape index (κ3) is 5.47. The zero-order chi connectivity index (χ0) is 21.8. The third-order valence-electron chi connectivity index (χ3n) is 6.64. The molecule has 0 spiro atoms. The molecule has 2 N–H and O–H groups in total. The van der Waals surface area contributed by atoms with Gasteiger partial charge in [0.05, 0.1) is 25.1 Å². The Labute approximate surface area is 186 Å². The standard InChI is InChI=1S/C24H38N6O/c1-18(2)29-7-9-30(10-8-29)20(4)26-16-19(3)24-22-15-21(27-23(22)5-6-25-24)17-28-11-13-31-14-12-28/h5-6,15-16,18,20,26-27H,7-14,17H2,1-4H3/b19-16+. The molecule has 0 bridgehead atoms. The van der Waals surface area contributed by atoms with Crippen LogP contribution in [0.4, 0.5) is 0 Å². The van der Waals surface area contributed by atoms with Gasteiger partial charge in [0.25, 0.3) is 0 Å². The molecule has 2 aromatic heterocycles. The minimum Gasteiger partial charge on any atom is -0.379 e. The molecule has 170 valence electrons. The highest BCUT2D eigenvalue weighted by molar-refractivity contribution is 5.90. The van der Waals surface area contributed by atoms with Crippen molar-refractivity contribution in [1.29, 1.82) is 0 Å². The lowest BCUT2D eigenvalue weighted by molar-refractivity contribution is 0.0337. The number of aromatic nitrogens is 2. The molecule has 2 fully saturated rings. The van der Waals surface area contributed by atoms with Gasteiger partial charge in [-0.25, -0.2) is 0 Å². The number of morpholine rings is 1. The number of H-pyrrole nitrogens is 1. The molecule has 7 heteroatoms. The third-order valence-corrected chi connectivity index (χ3v) is 6.64. The van der Waals surface area contributed by atoms with E-state index in [1.165, 1.54) is 11.1 Å². The molecule has 31 heavy (non-hydrogen) atoms. The van der Waals surface area contributed by atoms with Gasteiger partial charge in [0.1, 0.15) is 0 Å². The van der Waals surface area contributed by atoms with Crippen LogP contribution in [0.25, 0.3) is 16.5 Å². The second-order valence-corrected chi connectivity index (χ2v) is 9.14. The van der Waals surface area contributed by atoms with Crippen LogP contribution in [-0.4, -0.2) is 89.4 Å². The lowest BCUT2D eigenvalue weighted by Crippen LogP contribution is -2.54. The minimum absolute atomic E-state index is 0.312. The van der Waals surface area contributed by atoms with Gasteiger partial charge in [0.15, 0.2) is 0 Å². The van der Waals surface area contributed by atoms with E-state index in [0.29, 0.717) is 12.2 Å². The molecule has 7 nitrogen and oxygen atoms in total. The smallest absolute Gasteiger partial charge is 0.0767 e. The zero-order valence-electron chi connectivity index (χ0n) is 19.5. The molecule has 0 aromatic carbocycles. The van der Waals surface area contributed by atoms with Crippen LogP contribution < -0.4 is 5.32 Å². The van der Waals surface area contributed by atoms with Crippen molar-refractivity contribution in [3.63, 3.8) is 0 Å². The largest absolute Gasteiger partial charge is 0.379 e. The van der Waals surface area contributed by atoms with Gasteiger partial charge in [-0.05, 0) is 45.4 Å². The average molecular weight is 427 g/mol. The van der Waals surface area contributed by atoms with Gasteiger partial charge < -0.3 is 15.0 Å². The summed E-state index contributed by atoms with van der Waals surface area (Å²) in [5.41, 5.74) is 4.60. The predicted molar refractivity (Wildman–Crippen MR) is 127 cm³/mol. The fraction of sp³-hybridized carbons (Fsp3) is 0.625. The topological polar surface area (TPSA) is 59.7 Å². The first-order valence-electron chi connectivity index (χ1n) is 11.7. The molecule has 4 heterocycles. The Balaban J connectivity index is 1.41. The number of pyridine rings is 1. The van der Waals surface area contributed by atoms with E-state index < -0.39 is 0 Å². The van der Waals surface area contributed by atoms with Crippen molar-refractivity contribution in [3.05, 3.63) is 35.9 Å². The Morgan fingerprint density at radius 1 is 1.13 bits per heavy atom. The molecule has 1 unspecified atom stereocenters. The highest BCUT2D eigenvalue weighted by atomic mass is 16.5. The number of nitrogens with one attached hydrogen (secondary N) is 2. The van der Waals surface area contributed by atoms with E-state index in [1.54, 1.807) is 0 Å². The number of ether oxygens (including phenoxy) is 1. The molecule has 0 aliphatic carbocycles. The van der Waals surface area contributed by atoms with Crippen LogP contribution in [0.2, 0.25) is 0 Å². The van der Waals surface area contributed by atoms with E-state index in [4.69, 9.17) is 9.72 Å². The summed E-state index contributed by atoms with van der Waals surface area (Å²) in [6.45, 7) is 18.0. The molecule has 0 radical (unpaired) electrons. The normalized spacial score (nSPS) is 21.1. The molecule has 0 saturated carbocycles. The van der Waals surface area contributed by atoms with Crippen LogP contribution in [0.5, 0.6) is 0 Å². The highest BCUT2D eigenvalue weighted by Crippen LogP contribution is 2.24. The van der Waals surface area contributed by atoms with E-state index >= 15 is 0 Å². The fourth-order valence-corrected chi connectivity index (χ4v) is 4.57. The second kappa shape index (κ2) is 10.1. The predicted octanol–water partition coefficient (Wildman–Crippen LogP) is 2.72. The van der Waals surface area contributed by atoms with Crippen LogP contribution in [0.3, 0.4) is 0 Å². The van der Waals surface area contributed by atoms with Crippen molar-refractivity contribution < 1.29 is 4.74 Å². The summed E-state index contributed by atoms with van der Waals surface area (Å²) < 4.78 is 5.47. The summed E-state index contributed by atoms with van der Waals surface area (Å²) in [4.78, 5) is 15.8. The maximum absolute atomic E-state index is 5.47. The van der Waals surface area contributed by atoms with Crippen LogP contribution >= 0.6 is 0 Å². The van der Waals surface area contributed by atoms with Crippen LogP contribution in [0.15, 0.2) is 24.5 Å². The maximum atomic E-state index is 5.47. The average Bonchev–Trinajstić information content (AvgIpc) is 3.20. The molecule has 4 rings (SSSR count). The summed E-state index contributed by atoms with van der Waals surface area (Å²) >= 11 is 0. The van der Waals surface area contributed by atoms with Crippen LogP contribution in [0.1, 0.15) is 39.1 Å². The highest BCUT2D eigenvalue weighted by Gasteiger charge is 2.22. The number of hydrogen-bond donors (Lipinski definition) is 2. The Morgan fingerprint density at radius 2 is 1.84 bits per heavy atom. The quantitative estimate of drug-likeness (QED) is 0.710.